The third-order valence-corrected chi connectivity index (χ3v) is 2.80. The highest BCUT2D eigenvalue weighted by Gasteiger charge is 2.20. The number of hydrogen-bond donors (Lipinski definition) is 1. The monoisotopic (exact) mass is 266 g/mol. The minimum absolute atomic E-state index is 0.202. The number of pyridine rings is 1. The van der Waals surface area contributed by atoms with E-state index in [2.05, 4.69) is 10.3 Å². The van der Waals surface area contributed by atoms with Crippen molar-refractivity contribution in [2.75, 3.05) is 6.54 Å². The molecule has 0 bridgehead atoms. The van der Waals surface area contributed by atoms with Gasteiger partial charge in [0.25, 0.3) is 0 Å². The zero-order valence-electron chi connectivity index (χ0n) is 10.3. The van der Waals surface area contributed by atoms with Gasteiger partial charge in [-0.1, -0.05) is 13.0 Å². The lowest BCUT2D eigenvalue weighted by Gasteiger charge is -2.19. The molecule has 2 rings (SSSR count). The third kappa shape index (κ3) is 2.93. The van der Waals surface area contributed by atoms with Crippen molar-refractivity contribution in [3.63, 3.8) is 0 Å². The number of nitrogens with one attached hydrogen (secondary N) is 1. The molecule has 0 spiro atoms. The van der Waals surface area contributed by atoms with Crippen molar-refractivity contribution in [3.8, 4) is 0 Å². The van der Waals surface area contributed by atoms with Gasteiger partial charge in [0.15, 0.2) is 0 Å². The highest BCUT2D eigenvalue weighted by atomic mass is 19.1. The quantitative estimate of drug-likeness (QED) is 0.919. The Bertz CT molecular complexity index is 572. The largest absolute Gasteiger partial charge is 0.306 e. The van der Waals surface area contributed by atoms with Crippen LogP contribution in [0.15, 0.2) is 36.7 Å². The fourth-order valence-electron chi connectivity index (χ4n) is 1.95. The second-order valence-corrected chi connectivity index (χ2v) is 4.05. The first kappa shape index (κ1) is 13.5. The normalized spacial score (nSPS) is 12.4. The highest BCUT2D eigenvalue weighted by Crippen LogP contribution is 2.26. The lowest BCUT2D eigenvalue weighted by molar-refractivity contribution is 0.520. The van der Waals surface area contributed by atoms with Gasteiger partial charge in [0.1, 0.15) is 17.5 Å². The van der Waals surface area contributed by atoms with Crippen LogP contribution in [-0.2, 0) is 0 Å². The third-order valence-electron chi connectivity index (χ3n) is 2.80. The van der Waals surface area contributed by atoms with E-state index in [0.29, 0.717) is 6.54 Å². The van der Waals surface area contributed by atoms with E-state index in [1.807, 2.05) is 6.92 Å². The molecule has 19 heavy (non-hydrogen) atoms. The van der Waals surface area contributed by atoms with Crippen molar-refractivity contribution < 1.29 is 13.2 Å². The van der Waals surface area contributed by atoms with Crippen molar-refractivity contribution in [1.82, 2.24) is 10.3 Å². The second kappa shape index (κ2) is 5.84. The van der Waals surface area contributed by atoms with Crippen LogP contribution < -0.4 is 5.32 Å². The van der Waals surface area contributed by atoms with Gasteiger partial charge in [0.05, 0.1) is 12.2 Å². The summed E-state index contributed by atoms with van der Waals surface area (Å²) in [6.07, 6.45) is 2.51. The summed E-state index contributed by atoms with van der Waals surface area (Å²) in [5, 5.41) is 2.99. The van der Waals surface area contributed by atoms with Gasteiger partial charge in [-0.05, 0) is 18.7 Å². The van der Waals surface area contributed by atoms with E-state index in [-0.39, 0.29) is 11.1 Å². The molecule has 1 unspecified atom stereocenters. The van der Waals surface area contributed by atoms with Crippen molar-refractivity contribution in [2.24, 2.45) is 0 Å². The summed E-state index contributed by atoms with van der Waals surface area (Å²) in [6.45, 7) is 2.34. The molecule has 1 heterocycles. The number of aromatic nitrogens is 1. The fourth-order valence-corrected chi connectivity index (χ4v) is 1.95. The van der Waals surface area contributed by atoms with E-state index in [1.54, 1.807) is 0 Å². The van der Waals surface area contributed by atoms with E-state index in [1.165, 1.54) is 18.3 Å². The van der Waals surface area contributed by atoms with Gasteiger partial charge in [0.2, 0.25) is 0 Å². The molecule has 0 radical (unpaired) electrons. The maximum Gasteiger partial charge on any atom is 0.146 e. The molecule has 1 aromatic heterocycles. The van der Waals surface area contributed by atoms with Gasteiger partial charge >= 0.3 is 0 Å². The van der Waals surface area contributed by atoms with E-state index < -0.39 is 23.5 Å². The van der Waals surface area contributed by atoms with Gasteiger partial charge in [0, 0.05) is 23.4 Å². The summed E-state index contributed by atoms with van der Waals surface area (Å²) in [6, 6.07) is 4.07. The van der Waals surface area contributed by atoms with Gasteiger partial charge in [-0.3, -0.25) is 4.98 Å². The molecular weight excluding hydrogens is 253 g/mol. The summed E-state index contributed by atoms with van der Waals surface area (Å²) in [5.41, 5.74) is 0.482. The Kier molecular flexibility index (Phi) is 4.16. The molecule has 0 aliphatic carbocycles. The van der Waals surface area contributed by atoms with Crippen LogP contribution in [0, 0.1) is 17.5 Å². The zero-order valence-corrected chi connectivity index (χ0v) is 10.3. The Morgan fingerprint density at radius 2 is 1.84 bits per heavy atom. The van der Waals surface area contributed by atoms with Crippen LogP contribution in [0.25, 0.3) is 0 Å². The smallest absolute Gasteiger partial charge is 0.146 e. The molecule has 1 N–H and O–H groups in total. The molecule has 0 saturated carbocycles. The van der Waals surface area contributed by atoms with Gasteiger partial charge < -0.3 is 5.32 Å². The number of nitrogens with zero attached hydrogens (tertiary/aromatic N) is 1. The first-order chi connectivity index (χ1) is 9.13. The van der Waals surface area contributed by atoms with Crippen LogP contribution in [0.3, 0.4) is 0 Å². The predicted octanol–water partition coefficient (Wildman–Crippen LogP) is 3.20. The van der Waals surface area contributed by atoms with E-state index >= 15 is 0 Å². The molecule has 100 valence electrons. The Morgan fingerprint density at radius 1 is 1.11 bits per heavy atom. The predicted molar refractivity (Wildman–Crippen MR) is 66.1 cm³/mol. The minimum Gasteiger partial charge on any atom is -0.306 e. The summed E-state index contributed by atoms with van der Waals surface area (Å²) in [7, 11) is 0. The average molecular weight is 266 g/mol. The van der Waals surface area contributed by atoms with E-state index in [4.69, 9.17) is 0 Å². The summed E-state index contributed by atoms with van der Waals surface area (Å²) >= 11 is 0. The standard InChI is InChI=1S/C14H13F3N2/c1-2-19-14(11-5-6-18-8-13(11)17)10-4-3-9(15)7-12(10)16/h3-8,14,19H,2H2,1H3. The van der Waals surface area contributed by atoms with Crippen LogP contribution in [0.5, 0.6) is 0 Å². The Labute approximate surface area is 109 Å². The van der Waals surface area contributed by atoms with Gasteiger partial charge in [-0.15, -0.1) is 0 Å². The SMILES string of the molecule is CCNC(c1ccncc1F)c1ccc(F)cc1F. The number of halogens is 3. The summed E-state index contributed by atoms with van der Waals surface area (Å²) < 4.78 is 40.5. The highest BCUT2D eigenvalue weighted by molar-refractivity contribution is 5.32. The van der Waals surface area contributed by atoms with Crippen LogP contribution >= 0.6 is 0 Å². The fraction of sp³-hybridized carbons (Fsp3) is 0.214. The first-order valence-corrected chi connectivity index (χ1v) is 5.91. The zero-order chi connectivity index (χ0) is 13.8. The average Bonchev–Trinajstić information content (AvgIpc) is 2.38. The molecule has 0 saturated heterocycles. The summed E-state index contributed by atoms with van der Waals surface area (Å²) in [4.78, 5) is 3.66. The number of rotatable bonds is 4. The second-order valence-electron chi connectivity index (χ2n) is 4.05. The molecule has 1 atom stereocenters. The number of benzene rings is 1. The molecular formula is C14H13F3N2. The van der Waals surface area contributed by atoms with E-state index in [0.717, 1.165) is 18.3 Å². The molecule has 2 nitrogen and oxygen atoms in total. The van der Waals surface area contributed by atoms with Crippen LogP contribution in [0.1, 0.15) is 24.1 Å². The first-order valence-electron chi connectivity index (χ1n) is 5.91. The minimum atomic E-state index is -0.706. The molecule has 5 heteroatoms. The lowest BCUT2D eigenvalue weighted by Crippen LogP contribution is -2.24. The number of hydrogen-bond acceptors (Lipinski definition) is 2. The van der Waals surface area contributed by atoms with Crippen molar-refractivity contribution in [1.29, 1.82) is 0 Å². The van der Waals surface area contributed by atoms with Gasteiger partial charge in [-0.2, -0.15) is 0 Å². The van der Waals surface area contributed by atoms with Crippen molar-refractivity contribution >= 4 is 0 Å². The molecule has 0 amide bonds. The molecule has 1 aromatic carbocycles. The van der Waals surface area contributed by atoms with E-state index in [9.17, 15) is 13.2 Å². The molecule has 2 aromatic rings. The van der Waals surface area contributed by atoms with Crippen LogP contribution in [-0.4, -0.2) is 11.5 Å². The molecule has 0 aliphatic rings. The van der Waals surface area contributed by atoms with Crippen molar-refractivity contribution in [2.45, 2.75) is 13.0 Å². The molecule has 0 aliphatic heterocycles. The lowest BCUT2D eigenvalue weighted by atomic mass is 9.98. The van der Waals surface area contributed by atoms with Crippen LogP contribution in [0.4, 0.5) is 13.2 Å². The maximum atomic E-state index is 13.8. The van der Waals surface area contributed by atoms with Gasteiger partial charge in [-0.25, -0.2) is 13.2 Å². The van der Waals surface area contributed by atoms with Crippen LogP contribution in [0.2, 0.25) is 0 Å². The Morgan fingerprint density at radius 3 is 2.47 bits per heavy atom. The molecule has 0 fully saturated rings. The maximum absolute atomic E-state index is 13.8. The topological polar surface area (TPSA) is 24.9 Å². The van der Waals surface area contributed by atoms with Crippen molar-refractivity contribution in [3.05, 3.63) is 65.2 Å². The summed E-state index contributed by atoms with van der Waals surface area (Å²) in [5.74, 6) is -1.90. The Balaban J connectivity index is 2.48. The Hall–Kier alpha value is -1.88.